The third-order valence-corrected chi connectivity index (χ3v) is 2.56. The van der Waals surface area contributed by atoms with Crippen LogP contribution in [0.15, 0.2) is 23.0 Å². The van der Waals surface area contributed by atoms with Crippen molar-refractivity contribution in [2.24, 2.45) is 0 Å². The highest BCUT2D eigenvalue weighted by Gasteiger charge is 2.22. The molecule has 3 nitrogen and oxygen atoms in total. The normalized spacial score (nSPS) is 20.9. The minimum absolute atomic E-state index is 0.169. The highest BCUT2D eigenvalue weighted by molar-refractivity contribution is 5.12. The van der Waals surface area contributed by atoms with Crippen LogP contribution in [-0.2, 0) is 4.74 Å². The summed E-state index contributed by atoms with van der Waals surface area (Å²) in [5, 5.41) is 0. The molecule has 2 heterocycles. The quantitative estimate of drug-likeness (QED) is 0.739. The maximum absolute atomic E-state index is 12.9. The lowest BCUT2D eigenvalue weighted by Gasteiger charge is -2.32. The largest absolute Gasteiger partial charge is 0.472 e. The van der Waals surface area contributed by atoms with Crippen LogP contribution in [0.1, 0.15) is 11.6 Å². The number of rotatable bonds is 3. The Morgan fingerprint density at radius 2 is 2.21 bits per heavy atom. The predicted octanol–water partition coefficient (Wildman–Crippen LogP) is 1.62. The van der Waals surface area contributed by atoms with E-state index in [2.05, 4.69) is 4.90 Å². The Balaban J connectivity index is 2.04. The highest BCUT2D eigenvalue weighted by Crippen LogP contribution is 2.22. The maximum atomic E-state index is 12.9. The van der Waals surface area contributed by atoms with Crippen LogP contribution in [-0.4, -0.2) is 37.9 Å². The first-order valence-corrected chi connectivity index (χ1v) is 4.81. The number of furan rings is 1. The minimum Gasteiger partial charge on any atom is -0.472 e. The predicted molar refractivity (Wildman–Crippen MR) is 49.8 cm³/mol. The van der Waals surface area contributed by atoms with E-state index in [1.54, 1.807) is 12.5 Å². The second-order valence-corrected chi connectivity index (χ2v) is 3.38. The molecule has 4 heteroatoms. The average molecular weight is 199 g/mol. The summed E-state index contributed by atoms with van der Waals surface area (Å²) in [4.78, 5) is 2.09. The third kappa shape index (κ3) is 1.96. The van der Waals surface area contributed by atoms with Crippen molar-refractivity contribution < 1.29 is 13.5 Å². The van der Waals surface area contributed by atoms with Crippen LogP contribution in [0.2, 0.25) is 0 Å². The molecule has 0 aliphatic carbocycles. The fraction of sp³-hybridized carbons (Fsp3) is 0.600. The van der Waals surface area contributed by atoms with E-state index in [0.29, 0.717) is 13.2 Å². The molecular weight excluding hydrogens is 185 g/mol. The molecule has 0 amide bonds. The molecule has 1 aliphatic heterocycles. The zero-order chi connectivity index (χ0) is 9.80. The Bertz CT molecular complexity index is 257. The van der Waals surface area contributed by atoms with E-state index in [1.165, 1.54) is 0 Å². The zero-order valence-electron chi connectivity index (χ0n) is 7.99. The van der Waals surface area contributed by atoms with Crippen LogP contribution >= 0.6 is 0 Å². The molecule has 0 spiro atoms. The second-order valence-electron chi connectivity index (χ2n) is 3.38. The maximum Gasteiger partial charge on any atom is 0.109 e. The molecule has 1 aliphatic rings. The Morgan fingerprint density at radius 1 is 1.43 bits per heavy atom. The second kappa shape index (κ2) is 4.57. The van der Waals surface area contributed by atoms with Gasteiger partial charge in [0.05, 0.1) is 31.8 Å². The lowest BCUT2D eigenvalue weighted by molar-refractivity contribution is 0.0106. The van der Waals surface area contributed by atoms with E-state index < -0.39 is 0 Å². The van der Waals surface area contributed by atoms with E-state index in [-0.39, 0.29) is 12.7 Å². The third-order valence-electron chi connectivity index (χ3n) is 2.56. The minimum atomic E-state index is -0.375. The van der Waals surface area contributed by atoms with Crippen LogP contribution in [0.25, 0.3) is 0 Å². The van der Waals surface area contributed by atoms with Gasteiger partial charge in [-0.15, -0.1) is 0 Å². The van der Waals surface area contributed by atoms with E-state index >= 15 is 0 Å². The Morgan fingerprint density at radius 3 is 2.79 bits per heavy atom. The summed E-state index contributed by atoms with van der Waals surface area (Å²) in [7, 11) is 0. The average Bonchev–Trinajstić information content (AvgIpc) is 2.74. The summed E-state index contributed by atoms with van der Waals surface area (Å²) in [5.74, 6) is 0. The van der Waals surface area contributed by atoms with Crippen LogP contribution in [0.3, 0.4) is 0 Å². The number of nitrogens with zero attached hydrogens (tertiary/aromatic N) is 1. The summed E-state index contributed by atoms with van der Waals surface area (Å²) in [6.07, 6.45) is 3.19. The van der Waals surface area contributed by atoms with Gasteiger partial charge in [-0.05, 0) is 6.07 Å². The summed E-state index contributed by atoms with van der Waals surface area (Å²) in [5.41, 5.74) is 0.911. The fourth-order valence-corrected chi connectivity index (χ4v) is 1.75. The van der Waals surface area contributed by atoms with Crippen LogP contribution in [0, 0.1) is 0 Å². The Kier molecular flexibility index (Phi) is 3.16. The number of alkyl halides is 1. The molecule has 1 saturated heterocycles. The van der Waals surface area contributed by atoms with Gasteiger partial charge in [0.25, 0.3) is 0 Å². The van der Waals surface area contributed by atoms with Crippen molar-refractivity contribution >= 4 is 0 Å². The molecule has 0 unspecified atom stereocenters. The van der Waals surface area contributed by atoms with Gasteiger partial charge in [-0.25, -0.2) is 4.39 Å². The van der Waals surface area contributed by atoms with Gasteiger partial charge >= 0.3 is 0 Å². The number of morpholine rings is 1. The Hall–Kier alpha value is -0.870. The summed E-state index contributed by atoms with van der Waals surface area (Å²) in [6, 6.07) is 1.65. The number of ether oxygens (including phenoxy) is 1. The first kappa shape index (κ1) is 9.68. The zero-order valence-corrected chi connectivity index (χ0v) is 7.99. The standard InChI is InChI=1S/C10H14FNO2/c11-7-10(9-1-4-14-8-9)12-2-5-13-6-3-12/h1,4,8,10H,2-3,5-7H2/t10-/m0/s1. The number of hydrogen-bond acceptors (Lipinski definition) is 3. The fourth-order valence-electron chi connectivity index (χ4n) is 1.75. The van der Waals surface area contributed by atoms with Gasteiger partial charge in [0.1, 0.15) is 6.67 Å². The van der Waals surface area contributed by atoms with E-state index in [0.717, 1.165) is 18.7 Å². The molecule has 0 saturated carbocycles. The van der Waals surface area contributed by atoms with E-state index in [9.17, 15) is 4.39 Å². The molecule has 78 valence electrons. The lowest BCUT2D eigenvalue weighted by Crippen LogP contribution is -2.39. The molecule has 2 rings (SSSR count). The van der Waals surface area contributed by atoms with Crippen LogP contribution in [0.4, 0.5) is 4.39 Å². The number of hydrogen-bond donors (Lipinski definition) is 0. The molecular formula is C10H14FNO2. The highest BCUT2D eigenvalue weighted by atomic mass is 19.1. The summed E-state index contributed by atoms with van der Waals surface area (Å²) < 4.78 is 23.1. The molecule has 1 aromatic heterocycles. The van der Waals surface area contributed by atoms with Crippen molar-refractivity contribution in [2.75, 3.05) is 33.0 Å². The van der Waals surface area contributed by atoms with Gasteiger partial charge in [0.15, 0.2) is 0 Å². The van der Waals surface area contributed by atoms with Gasteiger partial charge in [0.2, 0.25) is 0 Å². The summed E-state index contributed by atoms with van der Waals surface area (Å²) >= 11 is 0. The molecule has 0 aromatic carbocycles. The SMILES string of the molecule is FC[C@@H](c1ccoc1)N1CCOCC1. The topological polar surface area (TPSA) is 25.6 Å². The van der Waals surface area contributed by atoms with Crippen molar-refractivity contribution in [3.05, 3.63) is 24.2 Å². The first-order valence-electron chi connectivity index (χ1n) is 4.81. The van der Waals surface area contributed by atoms with Crippen LogP contribution < -0.4 is 0 Å². The first-order chi connectivity index (χ1) is 6.92. The summed E-state index contributed by atoms with van der Waals surface area (Å²) in [6.45, 7) is 2.59. The van der Waals surface area contributed by atoms with Gasteiger partial charge in [0, 0.05) is 18.7 Å². The van der Waals surface area contributed by atoms with Crippen LogP contribution in [0.5, 0.6) is 0 Å². The van der Waals surface area contributed by atoms with Crippen molar-refractivity contribution in [3.8, 4) is 0 Å². The van der Waals surface area contributed by atoms with Gasteiger partial charge in [-0.3, -0.25) is 4.90 Å². The van der Waals surface area contributed by atoms with Crippen molar-refractivity contribution in [3.63, 3.8) is 0 Å². The molecule has 0 N–H and O–H groups in total. The van der Waals surface area contributed by atoms with E-state index in [4.69, 9.17) is 9.15 Å². The molecule has 1 fully saturated rings. The monoisotopic (exact) mass is 199 g/mol. The van der Waals surface area contributed by atoms with Gasteiger partial charge in [-0.1, -0.05) is 0 Å². The van der Waals surface area contributed by atoms with Gasteiger partial charge in [-0.2, -0.15) is 0 Å². The molecule has 14 heavy (non-hydrogen) atoms. The number of halogens is 1. The van der Waals surface area contributed by atoms with Crippen molar-refractivity contribution in [2.45, 2.75) is 6.04 Å². The Labute approximate surface area is 82.4 Å². The van der Waals surface area contributed by atoms with Gasteiger partial charge < -0.3 is 9.15 Å². The van der Waals surface area contributed by atoms with Crippen molar-refractivity contribution in [1.29, 1.82) is 0 Å². The lowest BCUT2D eigenvalue weighted by atomic mass is 10.1. The molecule has 0 bridgehead atoms. The molecule has 0 radical (unpaired) electrons. The molecule has 1 atom stereocenters. The smallest absolute Gasteiger partial charge is 0.109 e. The molecule has 1 aromatic rings. The van der Waals surface area contributed by atoms with E-state index in [1.807, 2.05) is 6.07 Å². The van der Waals surface area contributed by atoms with Crippen molar-refractivity contribution in [1.82, 2.24) is 4.90 Å².